The predicted octanol–water partition coefficient (Wildman–Crippen LogP) is 4.19. The van der Waals surface area contributed by atoms with E-state index in [0.717, 1.165) is 96.8 Å². The topological polar surface area (TPSA) is 75.4 Å². The Bertz CT molecular complexity index is 401. The highest BCUT2D eigenvalue weighted by atomic mass is 16.2. The number of nitrogens with one attached hydrogen (secondary N) is 1. The lowest BCUT2D eigenvalue weighted by atomic mass is 10.0. The zero-order chi connectivity index (χ0) is 20.3. The molecule has 1 saturated heterocycles. The number of Topliss-reactive ketones (excluding diaryl/α,β-unsaturated/α-hetero) is 1. The second-order valence-corrected chi connectivity index (χ2v) is 8.30. The minimum absolute atomic E-state index is 0.304. The summed E-state index contributed by atoms with van der Waals surface area (Å²) < 4.78 is 0. The molecule has 28 heavy (non-hydrogen) atoms. The summed E-state index contributed by atoms with van der Waals surface area (Å²) in [5, 5.41) is 3.51. The van der Waals surface area contributed by atoms with Gasteiger partial charge in [0, 0.05) is 32.4 Å². The van der Waals surface area contributed by atoms with Gasteiger partial charge in [-0.15, -0.1) is 0 Å². The maximum atomic E-state index is 12.6. The van der Waals surface area contributed by atoms with Crippen LogP contribution in [0.2, 0.25) is 0 Å². The molecule has 5 heteroatoms. The molecule has 1 heterocycles. The summed E-state index contributed by atoms with van der Waals surface area (Å²) >= 11 is 0. The molecule has 1 aliphatic heterocycles. The number of unbranched alkanes of at least 4 members (excludes halogenated alkanes) is 1. The summed E-state index contributed by atoms with van der Waals surface area (Å²) in [7, 11) is 0. The third-order valence-electron chi connectivity index (χ3n) is 5.67. The van der Waals surface area contributed by atoms with Crippen molar-refractivity contribution >= 4 is 11.7 Å². The van der Waals surface area contributed by atoms with Gasteiger partial charge in [0.2, 0.25) is 5.91 Å². The molecule has 164 valence electrons. The lowest BCUT2D eigenvalue weighted by Crippen LogP contribution is -2.34. The van der Waals surface area contributed by atoms with E-state index in [4.69, 9.17) is 5.73 Å². The monoisotopic (exact) mass is 395 g/mol. The van der Waals surface area contributed by atoms with E-state index in [1.807, 2.05) is 0 Å². The van der Waals surface area contributed by atoms with E-state index in [1.165, 1.54) is 25.7 Å². The molecule has 1 fully saturated rings. The molecule has 5 nitrogen and oxygen atoms in total. The Morgan fingerprint density at radius 2 is 1.29 bits per heavy atom. The molecule has 0 aromatic heterocycles. The van der Waals surface area contributed by atoms with Gasteiger partial charge in [0.05, 0.1) is 0 Å². The quantitative estimate of drug-likeness (QED) is 0.700. The summed E-state index contributed by atoms with van der Waals surface area (Å²) in [6, 6.07) is 0. The lowest BCUT2D eigenvalue weighted by Gasteiger charge is -2.23. The van der Waals surface area contributed by atoms with Crippen molar-refractivity contribution in [3.05, 3.63) is 0 Å². The van der Waals surface area contributed by atoms with Gasteiger partial charge < -0.3 is 16.0 Å². The molecule has 1 rings (SSSR count). The van der Waals surface area contributed by atoms with Crippen LogP contribution in [0.15, 0.2) is 0 Å². The summed E-state index contributed by atoms with van der Waals surface area (Å²) in [4.78, 5) is 26.6. The number of nitrogens with zero attached hydrogens (tertiary/aromatic N) is 1. The van der Waals surface area contributed by atoms with E-state index < -0.39 is 0 Å². The highest BCUT2D eigenvalue weighted by molar-refractivity contribution is 5.78. The highest BCUT2D eigenvalue weighted by Crippen LogP contribution is 2.12. The number of amides is 1. The fourth-order valence-corrected chi connectivity index (χ4v) is 3.84. The Balaban J connectivity index is 2.38. The third-order valence-corrected chi connectivity index (χ3v) is 5.67. The lowest BCUT2D eigenvalue weighted by molar-refractivity contribution is -0.131. The Labute approximate surface area is 173 Å². The first-order valence-electron chi connectivity index (χ1n) is 11.9. The van der Waals surface area contributed by atoms with E-state index in [0.29, 0.717) is 24.7 Å². The molecular formula is C23H45N3O2. The van der Waals surface area contributed by atoms with Crippen molar-refractivity contribution < 1.29 is 9.59 Å². The Kier molecular flexibility index (Phi) is 16.2. The summed E-state index contributed by atoms with van der Waals surface area (Å²) in [6.07, 6.45) is 16.5. The molecule has 1 amide bonds. The normalized spacial score (nSPS) is 21.2. The number of ketones is 1. The van der Waals surface area contributed by atoms with Gasteiger partial charge >= 0.3 is 0 Å². The molecule has 0 saturated carbocycles. The van der Waals surface area contributed by atoms with Crippen LogP contribution in [0.4, 0.5) is 0 Å². The minimum Gasteiger partial charge on any atom is -0.343 e. The molecular weight excluding hydrogens is 350 g/mol. The van der Waals surface area contributed by atoms with Crippen LogP contribution < -0.4 is 11.1 Å². The van der Waals surface area contributed by atoms with E-state index in [1.54, 1.807) is 0 Å². The highest BCUT2D eigenvalue weighted by Gasteiger charge is 2.12. The molecule has 1 aliphatic rings. The summed E-state index contributed by atoms with van der Waals surface area (Å²) in [5.74, 6) is 0.744. The average molecular weight is 396 g/mol. The summed E-state index contributed by atoms with van der Waals surface area (Å²) in [5.41, 5.74) is 5.61. The smallest absolute Gasteiger partial charge is 0.222 e. The molecule has 0 aromatic carbocycles. The van der Waals surface area contributed by atoms with Gasteiger partial charge in [0.1, 0.15) is 5.78 Å². The summed E-state index contributed by atoms with van der Waals surface area (Å²) in [6.45, 7) is 4.44. The standard InChI is InChI=1S/C23H45N3O2/c24-17-10-12-20-26-21-13-19-25-18-11-6-2-4-8-15-22(27)14-7-3-1-5-9-16-23(26)28/h25H,1-21,24H2. The van der Waals surface area contributed by atoms with Crippen LogP contribution in [0.3, 0.4) is 0 Å². The van der Waals surface area contributed by atoms with Crippen molar-refractivity contribution in [2.75, 3.05) is 32.7 Å². The van der Waals surface area contributed by atoms with Crippen molar-refractivity contribution in [2.45, 2.75) is 103 Å². The van der Waals surface area contributed by atoms with Crippen molar-refractivity contribution in [3.63, 3.8) is 0 Å². The molecule has 0 radical (unpaired) electrons. The zero-order valence-corrected chi connectivity index (χ0v) is 18.2. The van der Waals surface area contributed by atoms with Crippen molar-refractivity contribution in [1.29, 1.82) is 0 Å². The van der Waals surface area contributed by atoms with Gasteiger partial charge in [-0.1, -0.05) is 38.5 Å². The minimum atomic E-state index is 0.304. The number of hydrogen-bond acceptors (Lipinski definition) is 4. The molecule has 0 atom stereocenters. The second-order valence-electron chi connectivity index (χ2n) is 8.30. The largest absolute Gasteiger partial charge is 0.343 e. The Morgan fingerprint density at radius 3 is 1.96 bits per heavy atom. The predicted molar refractivity (Wildman–Crippen MR) is 117 cm³/mol. The molecule has 0 aromatic rings. The Morgan fingerprint density at radius 1 is 0.714 bits per heavy atom. The fourth-order valence-electron chi connectivity index (χ4n) is 3.84. The van der Waals surface area contributed by atoms with Gasteiger partial charge in [-0.3, -0.25) is 9.59 Å². The number of rotatable bonds is 4. The van der Waals surface area contributed by atoms with Gasteiger partial charge in [-0.05, 0) is 64.6 Å². The maximum Gasteiger partial charge on any atom is 0.222 e. The van der Waals surface area contributed by atoms with Crippen molar-refractivity contribution in [1.82, 2.24) is 10.2 Å². The number of carbonyl (C=O) groups excluding carboxylic acids is 2. The van der Waals surface area contributed by atoms with Crippen LogP contribution in [0.25, 0.3) is 0 Å². The zero-order valence-electron chi connectivity index (χ0n) is 18.2. The maximum absolute atomic E-state index is 12.6. The van der Waals surface area contributed by atoms with Crippen LogP contribution in [-0.2, 0) is 9.59 Å². The molecule has 0 spiro atoms. The van der Waals surface area contributed by atoms with Crippen molar-refractivity contribution in [3.8, 4) is 0 Å². The van der Waals surface area contributed by atoms with E-state index in [9.17, 15) is 9.59 Å². The number of nitrogens with two attached hydrogens (primary N) is 1. The first-order valence-corrected chi connectivity index (χ1v) is 11.9. The first-order chi connectivity index (χ1) is 13.7. The number of carbonyl (C=O) groups is 2. The van der Waals surface area contributed by atoms with Crippen LogP contribution >= 0.6 is 0 Å². The molecule has 0 bridgehead atoms. The van der Waals surface area contributed by atoms with E-state index >= 15 is 0 Å². The Hall–Kier alpha value is -0.940. The molecule has 3 N–H and O–H groups in total. The third kappa shape index (κ3) is 14.1. The van der Waals surface area contributed by atoms with Crippen LogP contribution in [0.5, 0.6) is 0 Å². The fraction of sp³-hybridized carbons (Fsp3) is 0.913. The van der Waals surface area contributed by atoms with Crippen LogP contribution in [0, 0.1) is 0 Å². The SMILES string of the molecule is NCCCCN1CCCNCCCCCCCC(=O)CCCCCCCC1=O. The average Bonchev–Trinajstić information content (AvgIpc) is 2.69. The molecule has 0 aliphatic carbocycles. The van der Waals surface area contributed by atoms with E-state index in [-0.39, 0.29) is 0 Å². The van der Waals surface area contributed by atoms with Gasteiger partial charge in [-0.2, -0.15) is 0 Å². The van der Waals surface area contributed by atoms with Gasteiger partial charge in [0.15, 0.2) is 0 Å². The van der Waals surface area contributed by atoms with E-state index in [2.05, 4.69) is 10.2 Å². The first kappa shape index (κ1) is 25.1. The van der Waals surface area contributed by atoms with Crippen LogP contribution in [0.1, 0.15) is 103 Å². The van der Waals surface area contributed by atoms with Crippen LogP contribution in [-0.4, -0.2) is 49.3 Å². The van der Waals surface area contributed by atoms with Gasteiger partial charge in [-0.25, -0.2) is 0 Å². The molecule has 0 unspecified atom stereocenters. The van der Waals surface area contributed by atoms with Crippen molar-refractivity contribution in [2.24, 2.45) is 5.73 Å². The number of hydrogen-bond donors (Lipinski definition) is 2. The second kappa shape index (κ2) is 18.1. The van der Waals surface area contributed by atoms with Gasteiger partial charge in [0.25, 0.3) is 0 Å².